The summed E-state index contributed by atoms with van der Waals surface area (Å²) in [4.78, 5) is 57.3. The fourth-order valence-corrected chi connectivity index (χ4v) is 18.6. The van der Waals surface area contributed by atoms with Crippen molar-refractivity contribution in [3.8, 4) is 11.5 Å². The molecule has 0 aliphatic carbocycles. The van der Waals surface area contributed by atoms with Gasteiger partial charge in [0.2, 0.25) is 0 Å². The van der Waals surface area contributed by atoms with E-state index in [1.54, 1.807) is 28.1 Å². The Hall–Kier alpha value is -6.05. The van der Waals surface area contributed by atoms with Crippen molar-refractivity contribution in [3.63, 3.8) is 0 Å². The Morgan fingerprint density at radius 3 is 1.59 bits per heavy atom. The van der Waals surface area contributed by atoms with Gasteiger partial charge in [-0.25, -0.2) is 0 Å². The van der Waals surface area contributed by atoms with Gasteiger partial charge in [0, 0.05) is 0 Å². The van der Waals surface area contributed by atoms with E-state index in [0.717, 1.165) is 27.1 Å². The normalized spacial score (nSPS) is 23.6. The summed E-state index contributed by atoms with van der Waals surface area (Å²) in [5, 5.41) is 1.65. The first-order chi connectivity index (χ1) is 37.4. The quantitative estimate of drug-likeness (QED) is 0.0578. The summed E-state index contributed by atoms with van der Waals surface area (Å²) < 4.78 is 63.6. The van der Waals surface area contributed by atoms with Gasteiger partial charge in [0.25, 0.3) is 0 Å². The standard InChI is InChI=1S/C58H63N4O13PSeSi/c1-38-33-61(54(65)59-52(38)63)50-31-47(48(72-50)35-69-58(40-17-11-8-12-18-40,41-23-27-43(67-6)28-24-41)42-25-29-44(68-7)30-26-42)74-76(77)70-36-57(37-71-76)49(32-51(73-57)62-34-39(2)53(64)60-55(62)66)75-78(56(3,4)5,45-19-13-9-14-20-45)46-21-15-10-16-22-46/h8-30,33-34,47-51H,31-32,35-37H2,1-7H3,(H,59,63,65)(H,60,64,66)/t47-,48+,49-,50+,51+,57?,76?/m0/s1. The number of benzene rings is 5. The molecule has 0 radical (unpaired) electrons. The van der Waals surface area contributed by atoms with E-state index in [1.807, 2.05) is 115 Å². The zero-order valence-electron chi connectivity index (χ0n) is 44.4. The molecule has 5 atom stereocenters. The van der Waals surface area contributed by atoms with E-state index in [1.165, 1.54) is 21.5 Å². The maximum atomic E-state index is 13.6. The second-order valence-corrected chi connectivity index (χ2v) is 29.6. The molecule has 3 fully saturated rings. The van der Waals surface area contributed by atoms with Gasteiger partial charge in [-0.3, -0.25) is 0 Å². The van der Waals surface area contributed by atoms with Crippen LogP contribution >= 0.6 is 6.19 Å². The van der Waals surface area contributed by atoms with Gasteiger partial charge < -0.3 is 0 Å². The first kappa shape index (κ1) is 55.3. The summed E-state index contributed by atoms with van der Waals surface area (Å²) in [6, 6.07) is 45.7. The van der Waals surface area contributed by atoms with Crippen molar-refractivity contribution in [1.29, 1.82) is 0 Å². The third kappa shape index (κ3) is 10.5. The SMILES string of the molecule is COc1ccc(C(OC[C@H]2O[C@@H](n3cc(C)c(=O)[nH]c3=O)C[C@@H]2OP2(=[Se])OCC3(CO2)O[C@@H](n2cc(C)c(=O)[nH]c2=O)C[C@@H]3O[Si](c2ccccc2)(c2ccccc2)C(C)(C)C)(c2ccccc2)c2ccc(OC)cc2)cc1. The predicted octanol–water partition coefficient (Wildman–Crippen LogP) is 6.90. The molecule has 0 unspecified atom stereocenters. The number of H-pyrrole nitrogens is 2. The van der Waals surface area contributed by atoms with E-state index < -0.39 is 84.0 Å². The van der Waals surface area contributed by atoms with Crippen LogP contribution in [0.3, 0.4) is 0 Å². The molecule has 408 valence electrons. The average molecular weight is 1160 g/mol. The van der Waals surface area contributed by atoms with Crippen molar-refractivity contribution in [1.82, 2.24) is 19.1 Å². The number of methoxy groups -OCH3 is 2. The van der Waals surface area contributed by atoms with Gasteiger partial charge >= 0.3 is 448 Å². The molecule has 3 saturated heterocycles. The number of aryl methyl sites for hydroxylation is 2. The van der Waals surface area contributed by atoms with Crippen LogP contribution in [-0.4, -0.2) is 100 Å². The summed E-state index contributed by atoms with van der Waals surface area (Å²) in [5.41, 5.74) is -1.76. The van der Waals surface area contributed by atoms with Crippen LogP contribution in [0.4, 0.5) is 0 Å². The number of aromatic nitrogens is 4. The monoisotopic (exact) mass is 1160 g/mol. The van der Waals surface area contributed by atoms with Crippen molar-refractivity contribution in [2.75, 3.05) is 34.0 Å². The number of aromatic amines is 2. The minimum atomic E-state index is -3.45. The summed E-state index contributed by atoms with van der Waals surface area (Å²) in [6.07, 6.45) is -4.35. The van der Waals surface area contributed by atoms with Crippen LogP contribution in [0.5, 0.6) is 11.5 Å². The van der Waals surface area contributed by atoms with Crippen LogP contribution in [0.2, 0.25) is 5.04 Å². The fourth-order valence-electron chi connectivity index (χ4n) is 11.0. The van der Waals surface area contributed by atoms with E-state index in [4.69, 9.17) is 41.7 Å². The Bertz CT molecular complexity index is 3440. The molecule has 20 heteroatoms. The van der Waals surface area contributed by atoms with E-state index >= 15 is 0 Å². The van der Waals surface area contributed by atoms with Crippen molar-refractivity contribution in [2.45, 2.75) is 94.5 Å². The van der Waals surface area contributed by atoms with E-state index in [9.17, 15) is 19.2 Å². The molecule has 0 bridgehead atoms. The molecule has 5 heterocycles. The van der Waals surface area contributed by atoms with E-state index in [2.05, 4.69) is 70.1 Å². The first-order valence-electron chi connectivity index (χ1n) is 25.7. The van der Waals surface area contributed by atoms with Crippen molar-refractivity contribution < 1.29 is 41.7 Å². The number of rotatable bonds is 16. The molecular formula is C58H63N4O13PSeSi. The van der Waals surface area contributed by atoms with E-state index in [-0.39, 0.29) is 32.7 Å². The molecule has 7 aromatic rings. The Morgan fingerprint density at radius 2 is 1.12 bits per heavy atom. The summed E-state index contributed by atoms with van der Waals surface area (Å²) in [6.45, 7) is 9.55. The van der Waals surface area contributed by atoms with Gasteiger partial charge in [-0.05, 0) is 0 Å². The number of ether oxygens (including phenoxy) is 5. The number of hydrogen-bond donors (Lipinski definition) is 2. The molecule has 10 rings (SSSR count). The molecule has 1 spiro atoms. The molecule has 78 heavy (non-hydrogen) atoms. The Morgan fingerprint density at radius 1 is 0.654 bits per heavy atom. The van der Waals surface area contributed by atoms with Crippen LogP contribution in [0.1, 0.15) is 73.9 Å². The summed E-state index contributed by atoms with van der Waals surface area (Å²) >= 11 is 3.13. The Kier molecular flexibility index (Phi) is 15.8. The predicted molar refractivity (Wildman–Crippen MR) is 298 cm³/mol. The van der Waals surface area contributed by atoms with Gasteiger partial charge in [0.1, 0.15) is 0 Å². The molecule has 2 aromatic heterocycles. The van der Waals surface area contributed by atoms with E-state index in [0.29, 0.717) is 22.6 Å². The second kappa shape index (κ2) is 22.2. The number of nitrogens with one attached hydrogen (secondary N) is 2. The molecule has 2 N–H and O–H groups in total. The van der Waals surface area contributed by atoms with Crippen molar-refractivity contribution in [2.24, 2.45) is 0 Å². The van der Waals surface area contributed by atoms with Gasteiger partial charge in [0.05, 0.1) is 14.2 Å². The van der Waals surface area contributed by atoms with Crippen molar-refractivity contribution in [3.05, 3.63) is 221 Å². The zero-order valence-corrected chi connectivity index (χ0v) is 48.0. The fraction of sp³-hybridized carbons (Fsp3) is 0.345. The van der Waals surface area contributed by atoms with Crippen LogP contribution in [0.15, 0.2) is 171 Å². The molecule has 0 amide bonds. The van der Waals surface area contributed by atoms with Crippen LogP contribution < -0.4 is 42.3 Å². The molecule has 3 aliphatic heterocycles. The van der Waals surface area contributed by atoms with Crippen LogP contribution in [0, 0.1) is 13.8 Å². The maximum absolute atomic E-state index is 13.6. The summed E-state index contributed by atoms with van der Waals surface area (Å²) in [5.74, 6) is 1.32. The molecular weight excluding hydrogens is 1100 g/mol. The Balaban J connectivity index is 1.01. The molecule has 17 nitrogen and oxygen atoms in total. The summed E-state index contributed by atoms with van der Waals surface area (Å²) in [7, 11) is -0.0575. The van der Waals surface area contributed by atoms with Crippen molar-refractivity contribution >= 4 is 40.0 Å². The van der Waals surface area contributed by atoms with Gasteiger partial charge in [0.15, 0.2) is 0 Å². The molecule has 0 saturated carbocycles. The number of nitrogens with zero attached hydrogens (tertiary/aromatic N) is 2. The number of hydrogen-bond acceptors (Lipinski definition) is 13. The minimum absolute atomic E-state index is 0.0817. The molecule has 3 aliphatic rings. The van der Waals surface area contributed by atoms with Gasteiger partial charge in [-0.15, -0.1) is 0 Å². The molecule has 5 aromatic carbocycles. The average Bonchev–Trinajstić information content (AvgIpc) is 4.09. The van der Waals surface area contributed by atoms with Crippen LogP contribution in [-0.2, 0) is 37.8 Å². The topological polar surface area (TPSA) is 193 Å². The zero-order chi connectivity index (χ0) is 55.0. The third-order valence-electron chi connectivity index (χ3n) is 15.0. The van der Waals surface area contributed by atoms with Crippen LogP contribution in [0.25, 0.3) is 0 Å². The van der Waals surface area contributed by atoms with Gasteiger partial charge in [-0.2, -0.15) is 0 Å². The van der Waals surface area contributed by atoms with Gasteiger partial charge in [-0.1, -0.05) is 0 Å². The third-order valence-corrected chi connectivity index (χ3v) is 23.4. The first-order valence-corrected chi connectivity index (χ1v) is 31.4. The second-order valence-electron chi connectivity index (χ2n) is 20.9. The Labute approximate surface area is 459 Å².